The second kappa shape index (κ2) is 6.08. The molecule has 0 saturated heterocycles. The Morgan fingerprint density at radius 2 is 1.56 bits per heavy atom. The number of aryl methyl sites for hydroxylation is 1. The fourth-order valence-corrected chi connectivity index (χ4v) is 2.94. The average molecular weight is 216 g/mol. The zero-order chi connectivity index (χ0) is 11.2. The van der Waals surface area contributed by atoms with E-state index in [9.17, 15) is 0 Å². The topological polar surface area (TPSA) is 0 Å². The van der Waals surface area contributed by atoms with Crippen LogP contribution in [0.3, 0.4) is 0 Å². The van der Waals surface area contributed by atoms with Gasteiger partial charge in [0, 0.05) is 0 Å². The predicted molar refractivity (Wildman–Crippen MR) is 70.5 cm³/mol. The van der Waals surface area contributed by atoms with E-state index in [1.165, 1.54) is 50.5 Å². The van der Waals surface area contributed by atoms with Crippen LogP contribution < -0.4 is 0 Å². The highest BCUT2D eigenvalue weighted by atomic mass is 14.2. The van der Waals surface area contributed by atoms with E-state index in [2.05, 4.69) is 37.3 Å². The molecule has 0 radical (unpaired) electrons. The molecule has 1 fully saturated rings. The van der Waals surface area contributed by atoms with Crippen molar-refractivity contribution in [1.29, 1.82) is 0 Å². The molecule has 88 valence electrons. The molecule has 0 aromatic heterocycles. The van der Waals surface area contributed by atoms with Crippen LogP contribution in [0.4, 0.5) is 0 Å². The van der Waals surface area contributed by atoms with E-state index in [1.54, 1.807) is 0 Å². The maximum atomic E-state index is 2.34. The SMILES string of the molecule is CCC1CCC(CCc2ccccc2)CC1. The Bertz CT molecular complexity index is 280. The van der Waals surface area contributed by atoms with Gasteiger partial charge in [0.05, 0.1) is 0 Å². The highest BCUT2D eigenvalue weighted by molar-refractivity contribution is 5.14. The Kier molecular flexibility index (Phi) is 4.44. The zero-order valence-corrected chi connectivity index (χ0v) is 10.5. The first kappa shape index (κ1) is 11.7. The van der Waals surface area contributed by atoms with E-state index in [-0.39, 0.29) is 0 Å². The molecule has 0 unspecified atom stereocenters. The minimum absolute atomic E-state index is 1.00. The minimum atomic E-state index is 1.00. The summed E-state index contributed by atoms with van der Waals surface area (Å²) in [5.41, 5.74) is 1.51. The van der Waals surface area contributed by atoms with Crippen molar-refractivity contribution in [2.24, 2.45) is 11.8 Å². The van der Waals surface area contributed by atoms with Crippen molar-refractivity contribution in [3.8, 4) is 0 Å². The molecular weight excluding hydrogens is 192 g/mol. The third-order valence-electron chi connectivity index (χ3n) is 4.23. The Morgan fingerprint density at radius 1 is 0.938 bits per heavy atom. The molecule has 1 aromatic rings. The summed E-state index contributed by atoms with van der Waals surface area (Å²) in [5.74, 6) is 2.04. The summed E-state index contributed by atoms with van der Waals surface area (Å²) >= 11 is 0. The van der Waals surface area contributed by atoms with Gasteiger partial charge in [0.1, 0.15) is 0 Å². The Hall–Kier alpha value is -0.780. The van der Waals surface area contributed by atoms with Crippen LogP contribution in [0.5, 0.6) is 0 Å². The fraction of sp³-hybridized carbons (Fsp3) is 0.625. The lowest BCUT2D eigenvalue weighted by molar-refractivity contribution is 0.259. The lowest BCUT2D eigenvalue weighted by Crippen LogP contribution is -2.14. The average Bonchev–Trinajstić information content (AvgIpc) is 2.38. The first-order chi connectivity index (χ1) is 7.88. The molecule has 0 N–H and O–H groups in total. The maximum absolute atomic E-state index is 2.34. The normalized spacial score (nSPS) is 25.6. The van der Waals surface area contributed by atoms with Crippen LogP contribution in [-0.2, 0) is 6.42 Å². The van der Waals surface area contributed by atoms with Gasteiger partial charge in [-0.15, -0.1) is 0 Å². The van der Waals surface area contributed by atoms with Gasteiger partial charge in [-0.2, -0.15) is 0 Å². The first-order valence-corrected chi connectivity index (χ1v) is 6.92. The summed E-state index contributed by atoms with van der Waals surface area (Å²) in [4.78, 5) is 0. The summed E-state index contributed by atoms with van der Waals surface area (Å²) in [5, 5.41) is 0. The fourth-order valence-electron chi connectivity index (χ4n) is 2.94. The van der Waals surface area contributed by atoms with E-state index in [1.807, 2.05) is 0 Å². The van der Waals surface area contributed by atoms with Crippen LogP contribution in [0.1, 0.15) is 51.0 Å². The van der Waals surface area contributed by atoms with Crippen molar-refractivity contribution < 1.29 is 0 Å². The molecule has 16 heavy (non-hydrogen) atoms. The van der Waals surface area contributed by atoms with Crippen molar-refractivity contribution in [3.05, 3.63) is 35.9 Å². The quantitative estimate of drug-likeness (QED) is 0.676. The number of hydrogen-bond donors (Lipinski definition) is 0. The second-order valence-corrected chi connectivity index (χ2v) is 5.32. The van der Waals surface area contributed by atoms with Crippen LogP contribution in [0.25, 0.3) is 0 Å². The molecule has 0 spiro atoms. The number of benzene rings is 1. The third-order valence-corrected chi connectivity index (χ3v) is 4.23. The molecule has 2 rings (SSSR count). The standard InChI is InChI=1S/C16H24/c1-2-14-8-10-16(11-9-14)13-12-15-6-4-3-5-7-15/h3-7,14,16H,2,8-13H2,1H3. The van der Waals surface area contributed by atoms with E-state index in [0.717, 1.165) is 11.8 Å². The maximum Gasteiger partial charge on any atom is -0.0276 e. The lowest BCUT2D eigenvalue weighted by atomic mass is 9.78. The molecule has 0 heterocycles. The van der Waals surface area contributed by atoms with Crippen LogP contribution in [0, 0.1) is 11.8 Å². The van der Waals surface area contributed by atoms with E-state index in [4.69, 9.17) is 0 Å². The molecular formula is C16H24. The molecule has 1 aromatic carbocycles. The van der Waals surface area contributed by atoms with Gasteiger partial charge in [0.15, 0.2) is 0 Å². The van der Waals surface area contributed by atoms with Gasteiger partial charge in [0.25, 0.3) is 0 Å². The minimum Gasteiger partial charge on any atom is -0.0651 e. The van der Waals surface area contributed by atoms with Gasteiger partial charge in [-0.1, -0.05) is 69.4 Å². The molecule has 0 amide bonds. The monoisotopic (exact) mass is 216 g/mol. The predicted octanol–water partition coefficient (Wildman–Crippen LogP) is 4.84. The van der Waals surface area contributed by atoms with E-state index < -0.39 is 0 Å². The molecule has 0 bridgehead atoms. The van der Waals surface area contributed by atoms with Crippen LogP contribution in [0.2, 0.25) is 0 Å². The Labute approximate surface area is 100 Å². The van der Waals surface area contributed by atoms with Gasteiger partial charge < -0.3 is 0 Å². The second-order valence-electron chi connectivity index (χ2n) is 5.32. The van der Waals surface area contributed by atoms with Crippen LogP contribution >= 0.6 is 0 Å². The highest BCUT2D eigenvalue weighted by Crippen LogP contribution is 2.32. The Balaban J connectivity index is 1.72. The van der Waals surface area contributed by atoms with Gasteiger partial charge in [-0.3, -0.25) is 0 Å². The van der Waals surface area contributed by atoms with Gasteiger partial charge in [0.2, 0.25) is 0 Å². The molecule has 1 aliphatic carbocycles. The summed E-state index contributed by atoms with van der Waals surface area (Å²) in [6.07, 6.45) is 10.00. The number of rotatable bonds is 4. The molecule has 1 aliphatic rings. The van der Waals surface area contributed by atoms with Crippen LogP contribution in [0.15, 0.2) is 30.3 Å². The molecule has 1 saturated carbocycles. The molecule has 0 nitrogen and oxygen atoms in total. The summed E-state index contributed by atoms with van der Waals surface area (Å²) < 4.78 is 0. The summed E-state index contributed by atoms with van der Waals surface area (Å²) in [6.45, 7) is 2.34. The first-order valence-electron chi connectivity index (χ1n) is 6.92. The third kappa shape index (κ3) is 3.37. The van der Waals surface area contributed by atoms with E-state index in [0.29, 0.717) is 0 Å². The molecule has 0 heteroatoms. The van der Waals surface area contributed by atoms with Crippen molar-refractivity contribution in [1.82, 2.24) is 0 Å². The molecule has 0 atom stereocenters. The van der Waals surface area contributed by atoms with Crippen molar-refractivity contribution >= 4 is 0 Å². The van der Waals surface area contributed by atoms with Gasteiger partial charge in [-0.05, 0) is 30.2 Å². The summed E-state index contributed by atoms with van der Waals surface area (Å²) in [6, 6.07) is 10.9. The molecule has 0 aliphatic heterocycles. The van der Waals surface area contributed by atoms with Gasteiger partial charge in [-0.25, -0.2) is 0 Å². The van der Waals surface area contributed by atoms with Crippen LogP contribution in [-0.4, -0.2) is 0 Å². The Morgan fingerprint density at radius 3 is 2.19 bits per heavy atom. The number of hydrogen-bond acceptors (Lipinski definition) is 0. The smallest absolute Gasteiger partial charge is 0.0276 e. The van der Waals surface area contributed by atoms with Crippen molar-refractivity contribution in [2.75, 3.05) is 0 Å². The lowest BCUT2D eigenvalue weighted by Gasteiger charge is -2.27. The van der Waals surface area contributed by atoms with Gasteiger partial charge >= 0.3 is 0 Å². The van der Waals surface area contributed by atoms with Crippen molar-refractivity contribution in [2.45, 2.75) is 51.9 Å². The summed E-state index contributed by atoms with van der Waals surface area (Å²) in [7, 11) is 0. The highest BCUT2D eigenvalue weighted by Gasteiger charge is 2.19. The zero-order valence-electron chi connectivity index (χ0n) is 10.5. The van der Waals surface area contributed by atoms with Crippen molar-refractivity contribution in [3.63, 3.8) is 0 Å². The van der Waals surface area contributed by atoms with E-state index >= 15 is 0 Å². The largest absolute Gasteiger partial charge is 0.0651 e.